The van der Waals surface area contributed by atoms with Crippen molar-refractivity contribution in [1.29, 1.82) is 0 Å². The maximum atomic E-state index is 11.2. The molecule has 1 atom stereocenters. The zero-order chi connectivity index (χ0) is 21.8. The van der Waals surface area contributed by atoms with Crippen LogP contribution in [0.5, 0.6) is 16.7 Å². The molecule has 9 heteroatoms. The lowest BCUT2D eigenvalue weighted by atomic mass is 9.98. The van der Waals surface area contributed by atoms with Crippen molar-refractivity contribution < 1.29 is 18.8 Å². The molecule has 0 radical (unpaired) electrons. The van der Waals surface area contributed by atoms with Crippen molar-refractivity contribution in [2.45, 2.75) is 58.1 Å². The van der Waals surface area contributed by atoms with Crippen molar-refractivity contribution in [2.24, 2.45) is 0 Å². The molecule has 1 aliphatic carbocycles. The fourth-order valence-corrected chi connectivity index (χ4v) is 4.46. The van der Waals surface area contributed by atoms with Gasteiger partial charge < -0.3 is 19.3 Å². The number of hydrogen-bond acceptors (Lipinski definition) is 7. The van der Waals surface area contributed by atoms with Crippen LogP contribution in [0.2, 0.25) is 5.02 Å². The maximum absolute atomic E-state index is 11.2. The van der Waals surface area contributed by atoms with Crippen LogP contribution >= 0.6 is 22.9 Å². The lowest BCUT2D eigenvalue weighted by Crippen LogP contribution is -2.23. The van der Waals surface area contributed by atoms with Crippen molar-refractivity contribution in [3.8, 4) is 27.3 Å². The van der Waals surface area contributed by atoms with Crippen LogP contribution in [0.25, 0.3) is 10.6 Å². The number of benzene rings is 1. The van der Waals surface area contributed by atoms with Crippen molar-refractivity contribution in [2.75, 3.05) is 0 Å². The van der Waals surface area contributed by atoms with Crippen molar-refractivity contribution in [3.05, 3.63) is 41.2 Å². The Morgan fingerprint density at radius 1 is 1.29 bits per heavy atom. The third kappa shape index (κ3) is 5.57. The molecule has 0 spiro atoms. The number of rotatable bonds is 7. The Kier molecular flexibility index (Phi) is 6.77. The number of amides is 1. The number of carbonyl (C=O) groups excluding carboxylic acids is 1. The van der Waals surface area contributed by atoms with Gasteiger partial charge >= 0.3 is 0 Å². The number of aromatic nitrogens is 2. The summed E-state index contributed by atoms with van der Waals surface area (Å²) in [7, 11) is 0. The topological polar surface area (TPSA) is 86.5 Å². The molecule has 0 aliphatic heterocycles. The van der Waals surface area contributed by atoms with Gasteiger partial charge in [0.2, 0.25) is 5.91 Å². The van der Waals surface area contributed by atoms with Crippen LogP contribution in [0.1, 0.15) is 57.8 Å². The zero-order valence-corrected chi connectivity index (χ0v) is 19.0. The van der Waals surface area contributed by atoms with Crippen molar-refractivity contribution >= 4 is 28.8 Å². The third-order valence-corrected chi connectivity index (χ3v) is 6.26. The highest BCUT2D eigenvalue weighted by atomic mass is 35.5. The molecular formula is C22H24ClN3O4S. The minimum absolute atomic E-state index is 0.133. The maximum Gasteiger partial charge on any atom is 0.279 e. The van der Waals surface area contributed by atoms with Gasteiger partial charge in [0.25, 0.3) is 5.19 Å². The molecule has 1 saturated carbocycles. The highest BCUT2D eigenvalue weighted by Crippen LogP contribution is 2.37. The molecule has 1 amide bonds. The second-order valence-electron chi connectivity index (χ2n) is 7.60. The summed E-state index contributed by atoms with van der Waals surface area (Å²) in [5, 5.41) is 7.74. The van der Waals surface area contributed by atoms with Gasteiger partial charge in [0.05, 0.1) is 28.2 Å². The molecule has 0 saturated heterocycles. The Balaban J connectivity index is 1.40. The summed E-state index contributed by atoms with van der Waals surface area (Å²) in [4.78, 5) is 16.3. The van der Waals surface area contributed by atoms with Gasteiger partial charge in [0.1, 0.15) is 17.2 Å². The van der Waals surface area contributed by atoms with E-state index in [0.717, 1.165) is 23.5 Å². The highest BCUT2D eigenvalue weighted by molar-refractivity contribution is 7.16. The van der Waals surface area contributed by atoms with Crippen LogP contribution < -0.4 is 14.8 Å². The summed E-state index contributed by atoms with van der Waals surface area (Å²) in [6.45, 7) is 3.29. The predicted molar refractivity (Wildman–Crippen MR) is 119 cm³/mol. The molecular weight excluding hydrogens is 438 g/mol. The third-order valence-electron chi connectivity index (χ3n) is 5.07. The monoisotopic (exact) mass is 461 g/mol. The SMILES string of the molecule is CC(=O)NC(C)c1cc(-c2cnc(Oc3ccc(OC4CCCCC4)cc3Cl)s2)no1. The number of hydrogen-bond donors (Lipinski definition) is 1. The second-order valence-corrected chi connectivity index (χ2v) is 9.00. The summed E-state index contributed by atoms with van der Waals surface area (Å²) >= 11 is 7.74. The van der Waals surface area contributed by atoms with Crippen molar-refractivity contribution in [3.63, 3.8) is 0 Å². The molecule has 1 fully saturated rings. The van der Waals surface area contributed by atoms with E-state index in [1.54, 1.807) is 24.4 Å². The predicted octanol–water partition coefficient (Wildman–Crippen LogP) is 6.15. The van der Waals surface area contributed by atoms with Crippen LogP contribution in [-0.2, 0) is 4.79 Å². The van der Waals surface area contributed by atoms with Gasteiger partial charge in [-0.05, 0) is 44.7 Å². The number of nitrogens with one attached hydrogen (secondary N) is 1. The van der Waals surface area contributed by atoms with E-state index in [-0.39, 0.29) is 18.1 Å². The lowest BCUT2D eigenvalue weighted by Gasteiger charge is -2.23. The lowest BCUT2D eigenvalue weighted by molar-refractivity contribution is -0.119. The number of carbonyl (C=O) groups is 1. The first-order valence-electron chi connectivity index (χ1n) is 10.3. The summed E-state index contributed by atoms with van der Waals surface area (Å²) in [5.74, 6) is 1.70. The first-order valence-corrected chi connectivity index (χ1v) is 11.5. The van der Waals surface area contributed by atoms with E-state index in [4.69, 9.17) is 25.6 Å². The minimum Gasteiger partial charge on any atom is -0.490 e. The molecule has 164 valence electrons. The smallest absolute Gasteiger partial charge is 0.279 e. The number of ether oxygens (including phenoxy) is 2. The zero-order valence-electron chi connectivity index (χ0n) is 17.4. The fraction of sp³-hybridized carbons (Fsp3) is 0.409. The van der Waals surface area contributed by atoms with Gasteiger partial charge in [-0.15, -0.1) is 0 Å². The van der Waals surface area contributed by atoms with E-state index in [1.165, 1.54) is 37.5 Å². The quantitative estimate of drug-likeness (QED) is 0.454. The van der Waals surface area contributed by atoms with E-state index in [9.17, 15) is 4.79 Å². The largest absolute Gasteiger partial charge is 0.490 e. The summed E-state index contributed by atoms with van der Waals surface area (Å²) in [6, 6.07) is 6.97. The Bertz CT molecular complexity index is 1050. The minimum atomic E-state index is -0.268. The number of nitrogens with zero attached hydrogens (tertiary/aromatic N) is 2. The molecule has 2 aromatic heterocycles. The van der Waals surface area contributed by atoms with Crippen LogP contribution in [0.3, 0.4) is 0 Å². The average molecular weight is 462 g/mol. The molecule has 3 aromatic rings. The normalized spacial score (nSPS) is 15.5. The molecule has 1 aromatic carbocycles. The van der Waals surface area contributed by atoms with Crippen LogP contribution in [0.15, 0.2) is 35.0 Å². The van der Waals surface area contributed by atoms with Crippen LogP contribution in [0, 0.1) is 0 Å². The summed E-state index contributed by atoms with van der Waals surface area (Å²) in [5.41, 5.74) is 0.627. The summed E-state index contributed by atoms with van der Waals surface area (Å²) in [6.07, 6.45) is 7.82. The first kappa shape index (κ1) is 21.6. The molecule has 31 heavy (non-hydrogen) atoms. The Morgan fingerprint density at radius 2 is 2.10 bits per heavy atom. The fourth-order valence-electron chi connectivity index (χ4n) is 3.52. The van der Waals surface area contributed by atoms with Gasteiger partial charge in [-0.3, -0.25) is 4.79 Å². The van der Waals surface area contributed by atoms with E-state index < -0.39 is 0 Å². The molecule has 1 N–H and O–H groups in total. The first-order chi connectivity index (χ1) is 15.0. The Morgan fingerprint density at radius 3 is 2.84 bits per heavy atom. The van der Waals surface area contributed by atoms with E-state index in [0.29, 0.717) is 27.4 Å². The molecule has 1 unspecified atom stereocenters. The average Bonchev–Trinajstić information content (AvgIpc) is 3.40. The standard InChI is InChI=1S/C22H24ClN3O4S/c1-13(25-14(2)27)20-11-18(26-30-20)21-12-24-22(31-21)29-19-9-8-16(10-17(19)23)28-15-6-4-3-5-7-15/h8-13,15H,3-7H2,1-2H3,(H,25,27). The van der Waals surface area contributed by atoms with E-state index in [1.807, 2.05) is 13.0 Å². The van der Waals surface area contributed by atoms with E-state index >= 15 is 0 Å². The van der Waals surface area contributed by atoms with Gasteiger partial charge in [0, 0.05) is 19.1 Å². The molecule has 7 nitrogen and oxygen atoms in total. The molecule has 1 aliphatic rings. The second kappa shape index (κ2) is 9.70. The Labute approximate surface area is 189 Å². The van der Waals surface area contributed by atoms with Gasteiger partial charge in [0.15, 0.2) is 5.76 Å². The summed E-state index contributed by atoms with van der Waals surface area (Å²) < 4.78 is 17.3. The highest BCUT2D eigenvalue weighted by Gasteiger charge is 2.18. The van der Waals surface area contributed by atoms with Crippen LogP contribution in [-0.4, -0.2) is 22.2 Å². The number of halogens is 1. The van der Waals surface area contributed by atoms with E-state index in [2.05, 4.69) is 15.5 Å². The molecule has 2 heterocycles. The number of thiazole rings is 1. The van der Waals surface area contributed by atoms with Crippen LogP contribution in [0.4, 0.5) is 0 Å². The molecule has 4 rings (SSSR count). The van der Waals surface area contributed by atoms with Gasteiger partial charge in [-0.1, -0.05) is 34.5 Å². The van der Waals surface area contributed by atoms with Gasteiger partial charge in [-0.25, -0.2) is 4.98 Å². The van der Waals surface area contributed by atoms with Crippen molar-refractivity contribution in [1.82, 2.24) is 15.5 Å². The van der Waals surface area contributed by atoms with Gasteiger partial charge in [-0.2, -0.15) is 0 Å². The molecule has 0 bridgehead atoms. The Hall–Kier alpha value is -2.58.